The molecule has 0 atom stereocenters. The molecule has 7 nitrogen and oxygen atoms in total. The molecule has 2 rings (SSSR count). The van der Waals surface area contributed by atoms with Crippen molar-refractivity contribution in [3.05, 3.63) is 66.0 Å². The fraction of sp³-hybridized carbons (Fsp3) is 0.211. The molecule has 0 fully saturated rings. The summed E-state index contributed by atoms with van der Waals surface area (Å²) in [5, 5.41) is 2.26. The second-order valence-corrected chi connectivity index (χ2v) is 10.3. The van der Waals surface area contributed by atoms with Gasteiger partial charge in [-0.2, -0.15) is 13.2 Å². The van der Waals surface area contributed by atoms with Gasteiger partial charge in [0.15, 0.2) is 9.84 Å². The van der Waals surface area contributed by atoms with Crippen LogP contribution in [0.15, 0.2) is 64.7 Å². The second kappa shape index (κ2) is 9.28. The molecule has 0 aliphatic rings. The summed E-state index contributed by atoms with van der Waals surface area (Å²) in [7, 11) is -8.10. The third-order valence-electron chi connectivity index (χ3n) is 4.08. The summed E-state index contributed by atoms with van der Waals surface area (Å²) in [6, 6.07) is 5.79. The van der Waals surface area contributed by atoms with E-state index in [4.69, 9.17) is 0 Å². The Kier molecular flexibility index (Phi) is 7.35. The fourth-order valence-corrected chi connectivity index (χ4v) is 4.18. The molecule has 2 N–H and O–H groups in total. The zero-order valence-corrected chi connectivity index (χ0v) is 18.2. The third kappa shape index (κ3) is 6.53. The second-order valence-electron chi connectivity index (χ2n) is 6.63. The lowest BCUT2D eigenvalue weighted by atomic mass is 10.1. The van der Waals surface area contributed by atoms with Crippen molar-refractivity contribution < 1.29 is 39.2 Å². The highest BCUT2D eigenvalue weighted by Gasteiger charge is 2.32. The summed E-state index contributed by atoms with van der Waals surface area (Å²) in [5.41, 5.74) is -2.31. The van der Waals surface area contributed by atoms with Crippen LogP contribution in [0.4, 0.5) is 23.2 Å². The Bertz CT molecular complexity index is 1240. The van der Waals surface area contributed by atoms with Gasteiger partial charge in [-0.25, -0.2) is 21.2 Å². The number of carbonyl (C=O) groups is 1. The van der Waals surface area contributed by atoms with Crippen molar-refractivity contribution >= 4 is 31.5 Å². The molecule has 2 aromatic carbocycles. The van der Waals surface area contributed by atoms with Gasteiger partial charge in [0.05, 0.1) is 32.4 Å². The number of nitrogens with one attached hydrogen (secondary N) is 2. The topological polar surface area (TPSA) is 109 Å². The number of benzene rings is 2. The van der Waals surface area contributed by atoms with Crippen LogP contribution < -0.4 is 10.0 Å². The van der Waals surface area contributed by atoms with E-state index < -0.39 is 59.5 Å². The minimum absolute atomic E-state index is 0.162. The number of halogens is 4. The van der Waals surface area contributed by atoms with Gasteiger partial charge in [0.25, 0.3) is 15.9 Å². The van der Waals surface area contributed by atoms with Crippen molar-refractivity contribution in [3.63, 3.8) is 0 Å². The van der Waals surface area contributed by atoms with Gasteiger partial charge in [0, 0.05) is 19.2 Å². The number of hydrogen-bond donors (Lipinski definition) is 2. The average Bonchev–Trinajstić information content (AvgIpc) is 2.66. The van der Waals surface area contributed by atoms with Gasteiger partial charge in [-0.3, -0.25) is 9.52 Å². The van der Waals surface area contributed by atoms with Gasteiger partial charge in [-0.15, -0.1) is 0 Å². The van der Waals surface area contributed by atoms with Gasteiger partial charge in [0.1, 0.15) is 0 Å². The first-order chi connectivity index (χ1) is 14.6. The molecule has 0 spiro atoms. The highest BCUT2D eigenvalue weighted by atomic mass is 32.2. The first kappa shape index (κ1) is 25.3. The number of alkyl halides is 3. The molecule has 0 radical (unpaired) electrons. The lowest BCUT2D eigenvalue weighted by molar-refractivity contribution is -0.137. The molecule has 2 aromatic rings. The molecule has 13 heteroatoms. The molecule has 1 amide bonds. The summed E-state index contributed by atoms with van der Waals surface area (Å²) in [6.45, 7) is 2.80. The predicted molar refractivity (Wildman–Crippen MR) is 109 cm³/mol. The first-order valence-corrected chi connectivity index (χ1v) is 12.1. The van der Waals surface area contributed by atoms with Crippen LogP contribution in [0.3, 0.4) is 0 Å². The Morgan fingerprint density at radius 2 is 1.56 bits per heavy atom. The van der Waals surface area contributed by atoms with Crippen molar-refractivity contribution in [2.24, 2.45) is 0 Å². The van der Waals surface area contributed by atoms with Crippen LogP contribution in [0.5, 0.6) is 0 Å². The number of sulfone groups is 1. The quantitative estimate of drug-likeness (QED) is 0.546. The molecule has 0 aliphatic carbocycles. The summed E-state index contributed by atoms with van der Waals surface area (Å²) < 4.78 is 102. The van der Waals surface area contributed by atoms with E-state index in [2.05, 4.69) is 11.9 Å². The van der Waals surface area contributed by atoms with Crippen molar-refractivity contribution in [2.45, 2.75) is 22.4 Å². The molecule has 0 aliphatic heterocycles. The molecule has 0 heterocycles. The van der Waals surface area contributed by atoms with Gasteiger partial charge in [-0.1, -0.05) is 6.58 Å². The minimum Gasteiger partial charge on any atom is -0.352 e. The number of rotatable bonds is 8. The minimum atomic E-state index is -4.82. The molecule has 32 heavy (non-hydrogen) atoms. The van der Waals surface area contributed by atoms with Crippen LogP contribution >= 0.6 is 0 Å². The maximum atomic E-state index is 13.1. The third-order valence-corrected chi connectivity index (χ3v) is 6.59. The highest BCUT2D eigenvalue weighted by Crippen LogP contribution is 2.33. The molecule has 0 saturated heterocycles. The largest absolute Gasteiger partial charge is 0.416 e. The smallest absolute Gasteiger partial charge is 0.352 e. The maximum Gasteiger partial charge on any atom is 0.416 e. The van der Waals surface area contributed by atoms with E-state index in [1.54, 1.807) is 0 Å². The van der Waals surface area contributed by atoms with E-state index in [0.29, 0.717) is 12.1 Å². The van der Waals surface area contributed by atoms with Crippen molar-refractivity contribution in [2.75, 3.05) is 17.5 Å². The van der Waals surface area contributed by atoms with Crippen LogP contribution in [0, 0.1) is 0 Å². The monoisotopic (exact) mass is 494 g/mol. The number of anilines is 1. The lowest BCUT2D eigenvalue weighted by Gasteiger charge is -2.16. The van der Waals surface area contributed by atoms with Crippen molar-refractivity contribution in [1.82, 2.24) is 5.32 Å². The number of sulfonamides is 1. The molecular weight excluding hydrogens is 476 g/mol. The van der Waals surface area contributed by atoms with Crippen molar-refractivity contribution in [3.8, 4) is 0 Å². The van der Waals surface area contributed by atoms with E-state index >= 15 is 0 Å². The molecule has 0 bridgehead atoms. The lowest BCUT2D eigenvalue weighted by Crippen LogP contribution is -2.26. The maximum absolute atomic E-state index is 13.1. The van der Waals surface area contributed by atoms with Crippen LogP contribution in [-0.2, 0) is 26.0 Å². The van der Waals surface area contributed by atoms with E-state index in [-0.39, 0.29) is 17.9 Å². The van der Waals surface area contributed by atoms with Crippen LogP contribution in [0.25, 0.3) is 0 Å². The first-order valence-electron chi connectivity index (χ1n) is 8.77. The van der Waals surface area contributed by atoms with E-state index in [9.17, 15) is 39.2 Å². The van der Waals surface area contributed by atoms with E-state index in [1.165, 1.54) is 0 Å². The molecular formula is C19H18F4N2O5S2. The number of amides is 1. The average molecular weight is 494 g/mol. The zero-order valence-electron chi connectivity index (χ0n) is 16.5. The normalized spacial score (nSPS) is 12.3. The zero-order chi connectivity index (χ0) is 24.3. The van der Waals surface area contributed by atoms with E-state index in [1.807, 2.05) is 4.72 Å². The standard InChI is InChI=1S/C19H18F4N2O5S2/c1-12(20)9-10-24-18(26)16-8-3-13(19(21,22)23)11-17(16)25-32(29,30)15-6-4-14(5-7-15)31(2,27)28/h3-8,11,25H,1,9-10H2,2H3,(H,24,26). The fourth-order valence-electron chi connectivity index (χ4n) is 2.48. The van der Waals surface area contributed by atoms with Crippen LogP contribution in [0.1, 0.15) is 22.3 Å². The Morgan fingerprint density at radius 3 is 2.06 bits per heavy atom. The summed E-state index contributed by atoms with van der Waals surface area (Å²) in [5.74, 6) is -1.67. The summed E-state index contributed by atoms with van der Waals surface area (Å²) >= 11 is 0. The highest BCUT2D eigenvalue weighted by molar-refractivity contribution is 7.92. The van der Waals surface area contributed by atoms with Gasteiger partial charge in [-0.05, 0) is 42.5 Å². The van der Waals surface area contributed by atoms with E-state index in [0.717, 1.165) is 36.6 Å². The van der Waals surface area contributed by atoms with Crippen LogP contribution in [-0.4, -0.2) is 35.5 Å². The van der Waals surface area contributed by atoms with Gasteiger partial charge < -0.3 is 5.32 Å². The molecule has 0 aromatic heterocycles. The van der Waals surface area contributed by atoms with Gasteiger partial charge in [0.2, 0.25) is 0 Å². The summed E-state index contributed by atoms with van der Waals surface area (Å²) in [6.07, 6.45) is -4.14. The number of carbonyl (C=O) groups excluding carboxylic acids is 1. The van der Waals surface area contributed by atoms with Crippen LogP contribution in [0.2, 0.25) is 0 Å². The Balaban J connectivity index is 2.44. The summed E-state index contributed by atoms with van der Waals surface area (Å²) in [4.78, 5) is 11.7. The molecule has 0 saturated carbocycles. The van der Waals surface area contributed by atoms with Crippen molar-refractivity contribution in [1.29, 1.82) is 0 Å². The molecule has 174 valence electrons. The van der Waals surface area contributed by atoms with Gasteiger partial charge >= 0.3 is 6.18 Å². The Hall–Kier alpha value is -2.93. The molecule has 0 unspecified atom stereocenters. The Morgan fingerprint density at radius 1 is 1.00 bits per heavy atom. The number of hydrogen-bond acceptors (Lipinski definition) is 5. The Labute approximate surface area is 182 Å². The predicted octanol–water partition coefficient (Wildman–Crippen LogP) is 3.51. The SMILES string of the molecule is C=C(F)CCNC(=O)c1ccc(C(F)(F)F)cc1NS(=O)(=O)c1ccc(S(C)(=O)=O)cc1.